The molecule has 0 heterocycles. The van der Waals surface area contributed by atoms with Crippen molar-refractivity contribution in [1.82, 2.24) is 0 Å². The molecule has 8 nitrogen and oxygen atoms in total. The van der Waals surface area contributed by atoms with Gasteiger partial charge in [0, 0.05) is 25.7 Å². The average Bonchev–Trinajstić information content (AvgIpc) is 2.80. The van der Waals surface area contributed by atoms with Crippen molar-refractivity contribution in [3.8, 4) is 0 Å². The van der Waals surface area contributed by atoms with Crippen LogP contribution in [0.5, 0.6) is 0 Å². The molecule has 0 radical (unpaired) electrons. The van der Waals surface area contributed by atoms with Gasteiger partial charge in [-0.05, 0) is 25.7 Å². The molecule has 0 aromatic carbocycles. The lowest BCUT2D eigenvalue weighted by molar-refractivity contribution is -0.138. The van der Waals surface area contributed by atoms with E-state index < -0.39 is 23.9 Å². The lowest BCUT2D eigenvalue weighted by Crippen LogP contribution is -1.94. The molecular weight excluding hydrogens is 464 g/mol. The van der Waals surface area contributed by atoms with Gasteiger partial charge in [-0.1, -0.05) is 103 Å². The molecule has 0 aromatic heterocycles. The van der Waals surface area contributed by atoms with E-state index in [1.807, 2.05) is 0 Å². The molecule has 0 aliphatic carbocycles. The summed E-state index contributed by atoms with van der Waals surface area (Å²) in [6.45, 7) is 0. The van der Waals surface area contributed by atoms with Gasteiger partial charge >= 0.3 is 23.9 Å². The Labute approximate surface area is 217 Å². The lowest BCUT2D eigenvalue weighted by atomic mass is 10.0. The fourth-order valence-corrected chi connectivity index (χ4v) is 3.93. The van der Waals surface area contributed by atoms with Gasteiger partial charge in [0.25, 0.3) is 0 Å². The van der Waals surface area contributed by atoms with Gasteiger partial charge in [-0.15, -0.1) is 0 Å². The van der Waals surface area contributed by atoms with Crippen LogP contribution >= 0.6 is 0 Å². The Morgan fingerprint density at radius 2 is 0.361 bits per heavy atom. The minimum atomic E-state index is -0.740. The van der Waals surface area contributed by atoms with Crippen LogP contribution in [0.4, 0.5) is 0 Å². The summed E-state index contributed by atoms with van der Waals surface area (Å²) in [6, 6.07) is 0. The van der Waals surface area contributed by atoms with Crippen molar-refractivity contribution in [2.75, 3.05) is 0 Å². The molecule has 4 N–H and O–H groups in total. The molecule has 0 fully saturated rings. The highest BCUT2D eigenvalue weighted by Gasteiger charge is 1.99. The number of hydrogen-bond donors (Lipinski definition) is 4. The van der Waals surface area contributed by atoms with Gasteiger partial charge in [0.1, 0.15) is 0 Å². The van der Waals surface area contributed by atoms with Gasteiger partial charge in [0.15, 0.2) is 0 Å². The molecule has 0 unspecified atom stereocenters. The van der Waals surface area contributed by atoms with Crippen molar-refractivity contribution in [2.24, 2.45) is 0 Å². The predicted molar refractivity (Wildman–Crippen MR) is 141 cm³/mol. The zero-order valence-electron chi connectivity index (χ0n) is 22.4. The van der Waals surface area contributed by atoms with Gasteiger partial charge in [0.05, 0.1) is 0 Å². The average molecular weight is 517 g/mol. The lowest BCUT2D eigenvalue weighted by Gasteiger charge is -2.03. The first-order valence-corrected chi connectivity index (χ1v) is 14.1. The van der Waals surface area contributed by atoms with E-state index in [4.69, 9.17) is 20.4 Å². The third-order valence-electron chi connectivity index (χ3n) is 6.06. The Balaban J connectivity index is 0. The van der Waals surface area contributed by atoms with Crippen molar-refractivity contribution in [3.05, 3.63) is 0 Å². The largest absolute Gasteiger partial charge is 0.481 e. The second-order valence-corrected chi connectivity index (χ2v) is 9.65. The quantitative estimate of drug-likeness (QED) is 0.0855. The van der Waals surface area contributed by atoms with Crippen LogP contribution in [-0.2, 0) is 19.2 Å². The molecule has 36 heavy (non-hydrogen) atoms. The van der Waals surface area contributed by atoms with Gasteiger partial charge < -0.3 is 20.4 Å². The van der Waals surface area contributed by atoms with E-state index in [1.54, 1.807) is 0 Å². The standard InChI is InChI=1S/C18H34O4.C10H18O4/c19-17(20)15-13-11-9-7-5-3-1-2-4-6-8-10-12-14-16-18(21)22;11-9(12)7-5-3-1-2-4-6-8-10(13)14/h1-16H2,(H,19,20)(H,21,22);1-8H2,(H,11,12)(H,13,14). The highest BCUT2D eigenvalue weighted by molar-refractivity contribution is 5.67. The molecule has 0 saturated carbocycles. The molecule has 0 aliphatic rings. The van der Waals surface area contributed by atoms with Crippen LogP contribution in [0.1, 0.15) is 154 Å². The van der Waals surface area contributed by atoms with Crippen molar-refractivity contribution >= 4 is 23.9 Å². The molecule has 0 saturated heterocycles. The fourth-order valence-electron chi connectivity index (χ4n) is 3.93. The molecule has 0 amide bonds. The molecule has 8 heteroatoms. The first-order valence-electron chi connectivity index (χ1n) is 14.1. The maximum absolute atomic E-state index is 10.3. The SMILES string of the molecule is O=C(O)CCCCCCCCC(=O)O.O=C(O)CCCCCCCCCCCCCCCCC(=O)O. The number of unbranched alkanes of at least 4 members (excludes halogenated alkanes) is 18. The fraction of sp³-hybridized carbons (Fsp3) is 0.857. The molecule has 0 aromatic rings. The van der Waals surface area contributed by atoms with Crippen molar-refractivity contribution < 1.29 is 39.6 Å². The molecular formula is C28H52O8. The summed E-state index contributed by atoms with van der Waals surface area (Å²) >= 11 is 0. The molecule has 0 aliphatic heterocycles. The summed E-state index contributed by atoms with van der Waals surface area (Å²) in [5.41, 5.74) is 0. The number of carboxylic acids is 4. The highest BCUT2D eigenvalue weighted by atomic mass is 16.4. The zero-order chi connectivity index (χ0) is 27.3. The van der Waals surface area contributed by atoms with E-state index in [1.165, 1.54) is 64.2 Å². The van der Waals surface area contributed by atoms with Crippen LogP contribution in [0.2, 0.25) is 0 Å². The van der Waals surface area contributed by atoms with Crippen LogP contribution < -0.4 is 0 Å². The third-order valence-corrected chi connectivity index (χ3v) is 6.06. The predicted octanol–water partition coefficient (Wildman–Crippen LogP) is 7.67. The monoisotopic (exact) mass is 516 g/mol. The van der Waals surface area contributed by atoms with E-state index in [0.717, 1.165) is 64.2 Å². The van der Waals surface area contributed by atoms with Crippen molar-refractivity contribution in [2.45, 2.75) is 154 Å². The Hall–Kier alpha value is -2.12. The first-order chi connectivity index (χ1) is 17.3. The Kier molecular flexibility index (Phi) is 29.1. The summed E-state index contributed by atoms with van der Waals surface area (Å²) in [4.78, 5) is 41.0. The topological polar surface area (TPSA) is 149 Å². The highest BCUT2D eigenvalue weighted by Crippen LogP contribution is 2.14. The summed E-state index contributed by atoms with van der Waals surface area (Å²) in [7, 11) is 0. The van der Waals surface area contributed by atoms with Gasteiger partial charge in [-0.3, -0.25) is 19.2 Å². The van der Waals surface area contributed by atoms with E-state index in [9.17, 15) is 19.2 Å². The second kappa shape index (κ2) is 29.1. The maximum atomic E-state index is 10.3. The van der Waals surface area contributed by atoms with E-state index in [2.05, 4.69) is 0 Å². The van der Waals surface area contributed by atoms with Crippen molar-refractivity contribution in [3.63, 3.8) is 0 Å². The zero-order valence-corrected chi connectivity index (χ0v) is 22.4. The number of rotatable bonds is 26. The molecule has 0 bridgehead atoms. The van der Waals surface area contributed by atoms with Crippen LogP contribution in [0.25, 0.3) is 0 Å². The van der Waals surface area contributed by atoms with Crippen LogP contribution in [0.15, 0.2) is 0 Å². The summed E-state index contributed by atoms with van der Waals surface area (Å²) < 4.78 is 0. The van der Waals surface area contributed by atoms with Gasteiger partial charge in [-0.25, -0.2) is 0 Å². The second-order valence-electron chi connectivity index (χ2n) is 9.65. The van der Waals surface area contributed by atoms with Crippen LogP contribution in [0.3, 0.4) is 0 Å². The molecule has 0 rings (SSSR count). The number of carbonyl (C=O) groups is 4. The van der Waals surface area contributed by atoms with Crippen molar-refractivity contribution in [1.29, 1.82) is 0 Å². The van der Waals surface area contributed by atoms with E-state index in [-0.39, 0.29) is 12.8 Å². The first kappa shape index (κ1) is 36.0. The Bertz CT molecular complexity index is 500. The van der Waals surface area contributed by atoms with E-state index >= 15 is 0 Å². The minimum absolute atomic E-state index is 0.245. The molecule has 0 spiro atoms. The normalized spacial score (nSPS) is 10.4. The summed E-state index contributed by atoms with van der Waals surface area (Å²) in [5, 5.41) is 33.7. The number of carboxylic acid groups (broad SMARTS) is 4. The minimum Gasteiger partial charge on any atom is -0.481 e. The van der Waals surface area contributed by atoms with Crippen LogP contribution in [0, 0.1) is 0 Å². The van der Waals surface area contributed by atoms with Gasteiger partial charge in [-0.2, -0.15) is 0 Å². The smallest absolute Gasteiger partial charge is 0.303 e. The third kappa shape index (κ3) is 39.1. The number of hydrogen-bond acceptors (Lipinski definition) is 4. The maximum Gasteiger partial charge on any atom is 0.303 e. The van der Waals surface area contributed by atoms with Crippen LogP contribution in [-0.4, -0.2) is 44.3 Å². The summed E-state index contributed by atoms with van der Waals surface area (Å²) in [5.74, 6) is -2.84. The number of aliphatic carboxylic acids is 4. The Morgan fingerprint density at radius 1 is 0.250 bits per heavy atom. The molecule has 0 atom stereocenters. The Morgan fingerprint density at radius 3 is 0.472 bits per heavy atom. The summed E-state index contributed by atoms with van der Waals surface area (Å²) in [6.07, 6.45) is 22.8. The van der Waals surface area contributed by atoms with E-state index in [0.29, 0.717) is 12.8 Å². The molecule has 212 valence electrons. The van der Waals surface area contributed by atoms with Gasteiger partial charge in [0.2, 0.25) is 0 Å².